The summed E-state index contributed by atoms with van der Waals surface area (Å²) >= 11 is 0. The summed E-state index contributed by atoms with van der Waals surface area (Å²) in [5.74, 6) is 0.143. The molecule has 0 heterocycles. The molecule has 0 aromatic heterocycles. The fourth-order valence-corrected chi connectivity index (χ4v) is 2.01. The van der Waals surface area contributed by atoms with Gasteiger partial charge >= 0.3 is 0 Å². The standard InChI is InChI=1S/C11H15N3.ClH/c12-11(13)14-10-7-3-5-8-4-1-2-6-9(8)10;/h3,5,7H,1-2,4,6H2,(H4,12,13,14);1H. The van der Waals surface area contributed by atoms with E-state index in [0.29, 0.717) is 0 Å². The molecular formula is C11H16ClN3. The fourth-order valence-electron chi connectivity index (χ4n) is 2.01. The number of fused-ring (bicyclic) bond motifs is 1. The molecule has 15 heavy (non-hydrogen) atoms. The third-order valence-electron chi connectivity index (χ3n) is 2.62. The molecule has 2 rings (SSSR count). The summed E-state index contributed by atoms with van der Waals surface area (Å²) in [6.07, 6.45) is 4.77. The van der Waals surface area contributed by atoms with Crippen LogP contribution in [-0.2, 0) is 12.8 Å². The van der Waals surface area contributed by atoms with Gasteiger partial charge in [-0.05, 0) is 42.9 Å². The number of rotatable bonds is 1. The van der Waals surface area contributed by atoms with Gasteiger partial charge in [0.1, 0.15) is 0 Å². The zero-order chi connectivity index (χ0) is 9.97. The molecule has 1 aliphatic carbocycles. The molecule has 4 heteroatoms. The zero-order valence-corrected chi connectivity index (χ0v) is 9.39. The smallest absolute Gasteiger partial charge is 0.191 e. The van der Waals surface area contributed by atoms with Crippen LogP contribution in [0.3, 0.4) is 0 Å². The molecule has 0 bridgehead atoms. The molecule has 1 aliphatic rings. The van der Waals surface area contributed by atoms with Crippen LogP contribution in [0.1, 0.15) is 24.0 Å². The van der Waals surface area contributed by atoms with Gasteiger partial charge in [0.25, 0.3) is 0 Å². The molecule has 0 fully saturated rings. The van der Waals surface area contributed by atoms with E-state index >= 15 is 0 Å². The van der Waals surface area contributed by atoms with Gasteiger partial charge in [0, 0.05) is 0 Å². The van der Waals surface area contributed by atoms with Crippen LogP contribution in [0.5, 0.6) is 0 Å². The topological polar surface area (TPSA) is 64.4 Å². The van der Waals surface area contributed by atoms with E-state index < -0.39 is 0 Å². The number of aliphatic imine (C=N–C) groups is 1. The van der Waals surface area contributed by atoms with Gasteiger partial charge in [-0.25, -0.2) is 4.99 Å². The van der Waals surface area contributed by atoms with Crippen molar-refractivity contribution in [2.45, 2.75) is 25.7 Å². The van der Waals surface area contributed by atoms with E-state index in [-0.39, 0.29) is 18.4 Å². The van der Waals surface area contributed by atoms with Crippen molar-refractivity contribution in [3.63, 3.8) is 0 Å². The van der Waals surface area contributed by atoms with Crippen LogP contribution < -0.4 is 11.5 Å². The molecule has 4 N–H and O–H groups in total. The van der Waals surface area contributed by atoms with E-state index in [2.05, 4.69) is 11.1 Å². The molecule has 1 aromatic rings. The first-order valence-electron chi connectivity index (χ1n) is 4.98. The quantitative estimate of drug-likeness (QED) is 0.566. The molecule has 1 aromatic carbocycles. The minimum atomic E-state index is 0. The number of halogens is 1. The highest BCUT2D eigenvalue weighted by atomic mass is 35.5. The van der Waals surface area contributed by atoms with Gasteiger partial charge in [-0.15, -0.1) is 12.4 Å². The average Bonchev–Trinajstić information content (AvgIpc) is 2.18. The van der Waals surface area contributed by atoms with Gasteiger partial charge in [-0.2, -0.15) is 0 Å². The number of aryl methyl sites for hydroxylation is 1. The Morgan fingerprint density at radius 3 is 2.60 bits per heavy atom. The number of guanidine groups is 1. The Morgan fingerprint density at radius 1 is 1.13 bits per heavy atom. The van der Waals surface area contributed by atoms with Crippen molar-refractivity contribution >= 4 is 24.1 Å². The van der Waals surface area contributed by atoms with Crippen molar-refractivity contribution in [2.24, 2.45) is 16.5 Å². The maximum absolute atomic E-state index is 5.39. The van der Waals surface area contributed by atoms with E-state index in [4.69, 9.17) is 11.5 Å². The molecule has 0 saturated heterocycles. The lowest BCUT2D eigenvalue weighted by Crippen LogP contribution is -2.22. The molecule has 0 saturated carbocycles. The third kappa shape index (κ3) is 2.63. The Kier molecular flexibility index (Phi) is 3.97. The van der Waals surface area contributed by atoms with Gasteiger partial charge in [-0.3, -0.25) is 0 Å². The second-order valence-electron chi connectivity index (χ2n) is 3.66. The number of nitrogens with two attached hydrogens (primary N) is 2. The van der Waals surface area contributed by atoms with Crippen LogP contribution >= 0.6 is 12.4 Å². The van der Waals surface area contributed by atoms with Crippen LogP contribution in [0, 0.1) is 0 Å². The summed E-state index contributed by atoms with van der Waals surface area (Å²) in [4.78, 5) is 4.14. The molecule has 0 atom stereocenters. The van der Waals surface area contributed by atoms with E-state index in [9.17, 15) is 0 Å². The maximum atomic E-state index is 5.39. The number of nitrogens with zero attached hydrogens (tertiary/aromatic N) is 1. The third-order valence-corrected chi connectivity index (χ3v) is 2.62. The van der Waals surface area contributed by atoms with Gasteiger partial charge in [0.2, 0.25) is 0 Å². The predicted molar refractivity (Wildman–Crippen MR) is 65.8 cm³/mol. The van der Waals surface area contributed by atoms with E-state index in [1.54, 1.807) is 0 Å². The zero-order valence-electron chi connectivity index (χ0n) is 8.57. The SMILES string of the molecule is Cl.NC(N)=Nc1cccc2c1CCCC2. The highest BCUT2D eigenvalue weighted by molar-refractivity contribution is 5.85. The van der Waals surface area contributed by atoms with E-state index in [1.807, 2.05) is 12.1 Å². The van der Waals surface area contributed by atoms with Crippen LogP contribution in [0.2, 0.25) is 0 Å². The minimum absolute atomic E-state index is 0. The van der Waals surface area contributed by atoms with Crippen molar-refractivity contribution < 1.29 is 0 Å². The largest absolute Gasteiger partial charge is 0.370 e. The lowest BCUT2D eigenvalue weighted by atomic mass is 9.90. The van der Waals surface area contributed by atoms with Gasteiger partial charge in [0.15, 0.2) is 5.96 Å². The Hall–Kier alpha value is -1.22. The summed E-state index contributed by atoms with van der Waals surface area (Å²) in [5, 5.41) is 0. The summed E-state index contributed by atoms with van der Waals surface area (Å²) in [5.41, 5.74) is 14.4. The van der Waals surface area contributed by atoms with Gasteiger partial charge in [0.05, 0.1) is 5.69 Å². The number of hydrogen-bond donors (Lipinski definition) is 2. The molecule has 0 aliphatic heterocycles. The molecule has 0 unspecified atom stereocenters. The van der Waals surface area contributed by atoms with Crippen molar-refractivity contribution in [3.05, 3.63) is 29.3 Å². The second-order valence-corrected chi connectivity index (χ2v) is 3.66. The fraction of sp³-hybridized carbons (Fsp3) is 0.364. The Labute approximate surface area is 96.0 Å². The molecule has 3 nitrogen and oxygen atoms in total. The lowest BCUT2D eigenvalue weighted by Gasteiger charge is -2.17. The summed E-state index contributed by atoms with van der Waals surface area (Å²) in [6.45, 7) is 0. The van der Waals surface area contributed by atoms with Crippen LogP contribution in [0.15, 0.2) is 23.2 Å². The van der Waals surface area contributed by atoms with E-state index in [1.165, 1.54) is 24.0 Å². The Balaban J connectivity index is 0.00000112. The predicted octanol–water partition coefficient (Wildman–Crippen LogP) is 1.89. The highest BCUT2D eigenvalue weighted by Gasteiger charge is 2.12. The summed E-state index contributed by atoms with van der Waals surface area (Å²) in [6, 6.07) is 6.16. The van der Waals surface area contributed by atoms with Crippen molar-refractivity contribution in [1.29, 1.82) is 0 Å². The van der Waals surface area contributed by atoms with Gasteiger partial charge in [-0.1, -0.05) is 12.1 Å². The Bertz CT molecular complexity index is 370. The molecule has 0 radical (unpaired) electrons. The van der Waals surface area contributed by atoms with E-state index in [0.717, 1.165) is 18.5 Å². The highest BCUT2D eigenvalue weighted by Crippen LogP contribution is 2.29. The molecular weight excluding hydrogens is 210 g/mol. The first-order valence-corrected chi connectivity index (χ1v) is 4.98. The van der Waals surface area contributed by atoms with Crippen LogP contribution in [0.25, 0.3) is 0 Å². The monoisotopic (exact) mass is 225 g/mol. The second kappa shape index (κ2) is 5.03. The molecule has 0 amide bonds. The molecule has 82 valence electrons. The lowest BCUT2D eigenvalue weighted by molar-refractivity contribution is 0.686. The number of benzene rings is 1. The van der Waals surface area contributed by atoms with Gasteiger partial charge < -0.3 is 11.5 Å². The summed E-state index contributed by atoms with van der Waals surface area (Å²) in [7, 11) is 0. The van der Waals surface area contributed by atoms with Crippen molar-refractivity contribution in [2.75, 3.05) is 0 Å². The molecule has 0 spiro atoms. The first-order chi connectivity index (χ1) is 6.77. The number of hydrogen-bond acceptors (Lipinski definition) is 1. The maximum Gasteiger partial charge on any atom is 0.191 e. The van der Waals surface area contributed by atoms with Crippen LogP contribution in [0.4, 0.5) is 5.69 Å². The normalized spacial score (nSPS) is 13.6. The first kappa shape index (κ1) is 11.9. The minimum Gasteiger partial charge on any atom is -0.370 e. The Morgan fingerprint density at radius 2 is 1.87 bits per heavy atom. The summed E-state index contributed by atoms with van der Waals surface area (Å²) < 4.78 is 0. The van der Waals surface area contributed by atoms with Crippen molar-refractivity contribution in [3.8, 4) is 0 Å². The van der Waals surface area contributed by atoms with Crippen molar-refractivity contribution in [1.82, 2.24) is 0 Å². The van der Waals surface area contributed by atoms with Crippen LogP contribution in [-0.4, -0.2) is 5.96 Å². The average molecular weight is 226 g/mol.